The van der Waals surface area contributed by atoms with E-state index in [0.717, 1.165) is 24.1 Å². The summed E-state index contributed by atoms with van der Waals surface area (Å²) in [5, 5.41) is 10.1. The van der Waals surface area contributed by atoms with Gasteiger partial charge in [0.05, 0.1) is 17.9 Å². The third-order valence-electron chi connectivity index (χ3n) is 4.98. The first kappa shape index (κ1) is 18.7. The zero-order valence-electron chi connectivity index (χ0n) is 16.1. The topological polar surface area (TPSA) is 102 Å². The van der Waals surface area contributed by atoms with Crippen LogP contribution in [0.5, 0.6) is 0 Å². The molecule has 0 spiro atoms. The lowest BCUT2D eigenvalue weighted by Gasteiger charge is -2.15. The van der Waals surface area contributed by atoms with Crippen molar-refractivity contribution in [3.05, 3.63) is 77.5 Å². The smallest absolute Gasteiger partial charge is 0.257 e. The average molecular weight is 389 g/mol. The highest BCUT2D eigenvalue weighted by Crippen LogP contribution is 2.21. The molecule has 0 bridgehead atoms. The molecule has 4 N–H and O–H groups in total. The molecule has 3 aromatic rings. The number of nitrogen functional groups attached to an aromatic ring is 1. The van der Waals surface area contributed by atoms with Crippen molar-refractivity contribution in [2.45, 2.75) is 31.8 Å². The predicted molar refractivity (Wildman–Crippen MR) is 111 cm³/mol. The van der Waals surface area contributed by atoms with Crippen LogP contribution in [-0.4, -0.2) is 27.6 Å². The maximum Gasteiger partial charge on any atom is 0.257 e. The van der Waals surface area contributed by atoms with E-state index in [1.54, 1.807) is 12.1 Å². The minimum absolute atomic E-state index is 0.0585. The van der Waals surface area contributed by atoms with Crippen LogP contribution in [0.1, 0.15) is 52.1 Å². The highest BCUT2D eigenvalue weighted by atomic mass is 16.2. The molecule has 148 valence electrons. The highest BCUT2D eigenvalue weighted by molar-refractivity contribution is 5.98. The van der Waals surface area contributed by atoms with E-state index < -0.39 is 0 Å². The molecule has 2 amide bonds. The number of carbonyl (C=O) groups excluding carboxylic acids is 2. The molecule has 1 unspecified atom stereocenters. The fourth-order valence-electron chi connectivity index (χ4n) is 3.09. The first-order valence-electron chi connectivity index (χ1n) is 9.63. The first-order valence-corrected chi connectivity index (χ1v) is 9.63. The normalized spacial score (nSPS) is 14.2. The number of amides is 2. The van der Waals surface area contributed by atoms with E-state index in [4.69, 9.17) is 5.73 Å². The second-order valence-corrected chi connectivity index (χ2v) is 7.26. The van der Waals surface area contributed by atoms with Gasteiger partial charge in [-0.15, -0.1) is 0 Å². The van der Waals surface area contributed by atoms with Crippen LogP contribution in [0.3, 0.4) is 0 Å². The SMILES string of the molecule is CC(NC(=O)c1cnn(-c2ccccc2)c1N)c1ccc(C(=O)NC2CC2)cc1. The molecule has 1 fully saturated rings. The van der Waals surface area contributed by atoms with Crippen LogP contribution in [-0.2, 0) is 0 Å². The summed E-state index contributed by atoms with van der Waals surface area (Å²) in [5.41, 5.74) is 8.77. The Morgan fingerprint density at radius 1 is 1.07 bits per heavy atom. The van der Waals surface area contributed by atoms with E-state index in [2.05, 4.69) is 15.7 Å². The summed E-state index contributed by atoms with van der Waals surface area (Å²) in [5.74, 6) is -0.0717. The summed E-state index contributed by atoms with van der Waals surface area (Å²) >= 11 is 0. The van der Waals surface area contributed by atoms with Crippen molar-refractivity contribution < 1.29 is 9.59 Å². The van der Waals surface area contributed by atoms with Crippen LogP contribution in [0.25, 0.3) is 5.69 Å². The fraction of sp³-hybridized carbons (Fsp3) is 0.227. The quantitative estimate of drug-likeness (QED) is 0.603. The number of nitrogens with zero attached hydrogens (tertiary/aromatic N) is 2. The summed E-state index contributed by atoms with van der Waals surface area (Å²) < 4.78 is 1.53. The van der Waals surface area contributed by atoms with Crippen LogP contribution in [0.15, 0.2) is 60.8 Å². The number of carbonyl (C=O) groups is 2. The minimum atomic E-state index is -0.298. The number of rotatable bonds is 6. The van der Waals surface area contributed by atoms with Crippen molar-refractivity contribution in [1.29, 1.82) is 0 Å². The molecule has 1 atom stereocenters. The van der Waals surface area contributed by atoms with Crippen molar-refractivity contribution in [3.8, 4) is 5.69 Å². The van der Waals surface area contributed by atoms with E-state index in [9.17, 15) is 9.59 Å². The second kappa shape index (κ2) is 7.79. The number of benzene rings is 2. The van der Waals surface area contributed by atoms with Crippen molar-refractivity contribution in [2.24, 2.45) is 0 Å². The predicted octanol–water partition coefficient (Wildman–Crippen LogP) is 2.84. The summed E-state index contributed by atoms with van der Waals surface area (Å²) in [6.07, 6.45) is 3.57. The van der Waals surface area contributed by atoms with Gasteiger partial charge in [0.25, 0.3) is 11.8 Å². The molecule has 1 aliphatic carbocycles. The van der Waals surface area contributed by atoms with Crippen molar-refractivity contribution in [3.63, 3.8) is 0 Å². The molecular formula is C22H23N5O2. The molecule has 0 aliphatic heterocycles. The lowest BCUT2D eigenvalue weighted by molar-refractivity contribution is 0.0934. The van der Waals surface area contributed by atoms with Gasteiger partial charge in [0.15, 0.2) is 0 Å². The highest BCUT2D eigenvalue weighted by Gasteiger charge is 2.24. The molecule has 0 saturated heterocycles. The number of nitrogens with one attached hydrogen (secondary N) is 2. The Bertz CT molecular complexity index is 1020. The summed E-state index contributed by atoms with van der Waals surface area (Å²) in [6, 6.07) is 16.7. The van der Waals surface area contributed by atoms with Crippen molar-refractivity contribution >= 4 is 17.6 Å². The maximum absolute atomic E-state index is 12.7. The first-order chi connectivity index (χ1) is 14.0. The lowest BCUT2D eigenvalue weighted by Crippen LogP contribution is -2.27. The number of nitrogens with two attached hydrogens (primary N) is 1. The molecule has 7 nitrogen and oxygen atoms in total. The number of hydrogen-bond donors (Lipinski definition) is 3. The number of aromatic nitrogens is 2. The largest absolute Gasteiger partial charge is 0.383 e. The lowest BCUT2D eigenvalue weighted by atomic mass is 10.1. The molecule has 1 aliphatic rings. The summed E-state index contributed by atoms with van der Waals surface area (Å²) in [4.78, 5) is 24.8. The Hall–Kier alpha value is -3.61. The van der Waals surface area contributed by atoms with E-state index >= 15 is 0 Å². The summed E-state index contributed by atoms with van der Waals surface area (Å²) in [7, 11) is 0. The van der Waals surface area contributed by atoms with Gasteiger partial charge in [-0.25, -0.2) is 4.68 Å². The standard InChI is InChI=1S/C22H23N5O2/c1-14(15-7-9-16(10-8-15)21(28)26-17-11-12-17)25-22(29)19-13-24-27(20(19)23)18-5-3-2-4-6-18/h2-10,13-14,17H,11-12,23H2,1H3,(H,25,29)(H,26,28). The molecule has 1 heterocycles. The van der Waals surface area contributed by atoms with E-state index in [1.807, 2.05) is 49.4 Å². The third-order valence-corrected chi connectivity index (χ3v) is 4.98. The van der Waals surface area contributed by atoms with Gasteiger partial charge < -0.3 is 16.4 Å². The second-order valence-electron chi connectivity index (χ2n) is 7.26. The van der Waals surface area contributed by atoms with Gasteiger partial charge in [-0.1, -0.05) is 30.3 Å². The van der Waals surface area contributed by atoms with Gasteiger partial charge in [0.1, 0.15) is 11.4 Å². The fourth-order valence-corrected chi connectivity index (χ4v) is 3.09. The van der Waals surface area contributed by atoms with Crippen LogP contribution < -0.4 is 16.4 Å². The van der Waals surface area contributed by atoms with E-state index in [1.165, 1.54) is 10.9 Å². The zero-order valence-corrected chi connectivity index (χ0v) is 16.1. The molecule has 1 aromatic heterocycles. The Morgan fingerprint density at radius 3 is 2.41 bits per heavy atom. The Balaban J connectivity index is 1.43. The van der Waals surface area contributed by atoms with Crippen LogP contribution >= 0.6 is 0 Å². The number of hydrogen-bond acceptors (Lipinski definition) is 4. The zero-order chi connectivity index (χ0) is 20.4. The number of para-hydroxylation sites is 1. The van der Waals surface area contributed by atoms with Gasteiger partial charge in [0, 0.05) is 11.6 Å². The van der Waals surface area contributed by atoms with Crippen LogP contribution in [0, 0.1) is 0 Å². The van der Waals surface area contributed by atoms with Crippen LogP contribution in [0.2, 0.25) is 0 Å². The van der Waals surface area contributed by atoms with Gasteiger partial charge in [-0.2, -0.15) is 5.10 Å². The molecule has 29 heavy (non-hydrogen) atoms. The molecule has 1 saturated carbocycles. The monoisotopic (exact) mass is 389 g/mol. The number of anilines is 1. The van der Waals surface area contributed by atoms with Gasteiger partial charge >= 0.3 is 0 Å². The Kier molecular flexibility index (Phi) is 5.03. The summed E-state index contributed by atoms with van der Waals surface area (Å²) in [6.45, 7) is 1.88. The van der Waals surface area contributed by atoms with E-state index in [0.29, 0.717) is 17.2 Å². The van der Waals surface area contributed by atoms with Crippen molar-refractivity contribution in [2.75, 3.05) is 5.73 Å². The van der Waals surface area contributed by atoms with Crippen molar-refractivity contribution in [1.82, 2.24) is 20.4 Å². The third kappa shape index (κ3) is 4.13. The Morgan fingerprint density at radius 2 is 1.76 bits per heavy atom. The molecule has 0 radical (unpaired) electrons. The Labute approximate surface area is 168 Å². The van der Waals surface area contributed by atoms with Gasteiger partial charge in [0.2, 0.25) is 0 Å². The molecule has 7 heteroatoms. The van der Waals surface area contributed by atoms with Crippen LogP contribution in [0.4, 0.5) is 5.82 Å². The molecule has 2 aromatic carbocycles. The molecule has 4 rings (SSSR count). The average Bonchev–Trinajstić information content (AvgIpc) is 3.47. The maximum atomic E-state index is 12.7. The minimum Gasteiger partial charge on any atom is -0.383 e. The molecular weight excluding hydrogens is 366 g/mol. The van der Waals surface area contributed by atoms with E-state index in [-0.39, 0.29) is 23.7 Å². The van der Waals surface area contributed by atoms with Gasteiger partial charge in [-0.3, -0.25) is 9.59 Å². The van der Waals surface area contributed by atoms with Gasteiger partial charge in [-0.05, 0) is 49.6 Å².